The van der Waals surface area contributed by atoms with Crippen molar-refractivity contribution in [2.24, 2.45) is 5.41 Å². The molecule has 1 aliphatic rings. The summed E-state index contributed by atoms with van der Waals surface area (Å²) in [6, 6.07) is 7.53. The first-order chi connectivity index (χ1) is 8.19. The summed E-state index contributed by atoms with van der Waals surface area (Å²) in [7, 11) is 0. The van der Waals surface area contributed by atoms with Crippen molar-refractivity contribution in [3.63, 3.8) is 0 Å². The number of aliphatic hydroxyl groups excluding tert-OH is 2. The van der Waals surface area contributed by atoms with E-state index in [2.05, 4.69) is 15.9 Å². The van der Waals surface area contributed by atoms with Crippen LogP contribution in [0.3, 0.4) is 0 Å². The van der Waals surface area contributed by atoms with E-state index in [4.69, 9.17) is 0 Å². The first-order valence-electron chi connectivity index (χ1n) is 5.58. The lowest BCUT2D eigenvalue weighted by molar-refractivity contribution is 0.0442. The van der Waals surface area contributed by atoms with Gasteiger partial charge in [0.05, 0.1) is 18.1 Å². The molecule has 17 heavy (non-hydrogen) atoms. The summed E-state index contributed by atoms with van der Waals surface area (Å²) in [6.07, 6.45) is 7.81. The van der Waals surface area contributed by atoms with Gasteiger partial charge in [-0.1, -0.05) is 58.4 Å². The van der Waals surface area contributed by atoms with Gasteiger partial charge in [-0.3, -0.25) is 0 Å². The second-order valence-corrected chi connectivity index (χ2v) is 5.09. The molecule has 90 valence electrons. The van der Waals surface area contributed by atoms with Gasteiger partial charge in [-0.15, -0.1) is 0 Å². The monoisotopic (exact) mass is 294 g/mol. The first kappa shape index (κ1) is 12.6. The highest BCUT2D eigenvalue weighted by atomic mass is 79.9. The number of benzene rings is 1. The molecule has 2 nitrogen and oxygen atoms in total. The molecule has 2 N–H and O–H groups in total. The highest BCUT2D eigenvalue weighted by Crippen LogP contribution is 2.40. The Morgan fingerprint density at radius 1 is 1.24 bits per heavy atom. The highest BCUT2D eigenvalue weighted by Gasteiger charge is 2.35. The molecule has 0 heterocycles. The SMILES string of the molecule is OCC1(C(O)c2ccccc2Br)C=CCC=C1. The van der Waals surface area contributed by atoms with Crippen LogP contribution in [0, 0.1) is 5.41 Å². The second-order valence-electron chi connectivity index (χ2n) is 4.23. The van der Waals surface area contributed by atoms with Gasteiger partial charge in [0.25, 0.3) is 0 Å². The quantitative estimate of drug-likeness (QED) is 0.842. The third-order valence-electron chi connectivity index (χ3n) is 3.11. The van der Waals surface area contributed by atoms with Crippen molar-refractivity contribution in [2.45, 2.75) is 12.5 Å². The zero-order chi connectivity index (χ0) is 12.3. The highest BCUT2D eigenvalue weighted by molar-refractivity contribution is 9.10. The van der Waals surface area contributed by atoms with E-state index in [9.17, 15) is 10.2 Å². The molecule has 3 heteroatoms. The van der Waals surface area contributed by atoms with E-state index in [1.807, 2.05) is 48.6 Å². The summed E-state index contributed by atoms with van der Waals surface area (Å²) in [5.74, 6) is 0. The van der Waals surface area contributed by atoms with Crippen LogP contribution in [0.25, 0.3) is 0 Å². The van der Waals surface area contributed by atoms with E-state index in [1.165, 1.54) is 0 Å². The second kappa shape index (κ2) is 5.17. The molecule has 0 aliphatic heterocycles. The van der Waals surface area contributed by atoms with E-state index >= 15 is 0 Å². The van der Waals surface area contributed by atoms with Gasteiger partial charge in [-0.2, -0.15) is 0 Å². The predicted octanol–water partition coefficient (Wildman–Crippen LogP) is 2.98. The van der Waals surface area contributed by atoms with E-state index in [0.29, 0.717) is 0 Å². The van der Waals surface area contributed by atoms with Crippen molar-refractivity contribution in [3.05, 3.63) is 58.6 Å². The van der Waals surface area contributed by atoms with Crippen LogP contribution in [-0.2, 0) is 0 Å². The van der Waals surface area contributed by atoms with Gasteiger partial charge < -0.3 is 10.2 Å². The van der Waals surface area contributed by atoms with E-state index in [-0.39, 0.29) is 6.61 Å². The summed E-state index contributed by atoms with van der Waals surface area (Å²) in [4.78, 5) is 0. The van der Waals surface area contributed by atoms with Gasteiger partial charge in [0, 0.05) is 4.47 Å². The maximum atomic E-state index is 10.5. The predicted molar refractivity (Wildman–Crippen MR) is 71.5 cm³/mol. The van der Waals surface area contributed by atoms with Gasteiger partial charge in [-0.25, -0.2) is 0 Å². The summed E-state index contributed by atoms with van der Waals surface area (Å²) < 4.78 is 0.854. The summed E-state index contributed by atoms with van der Waals surface area (Å²) >= 11 is 3.43. The van der Waals surface area contributed by atoms with Crippen molar-refractivity contribution in [3.8, 4) is 0 Å². The van der Waals surface area contributed by atoms with Crippen LogP contribution in [0.5, 0.6) is 0 Å². The Morgan fingerprint density at radius 2 is 1.88 bits per heavy atom. The number of rotatable bonds is 3. The topological polar surface area (TPSA) is 40.5 Å². The largest absolute Gasteiger partial charge is 0.395 e. The molecule has 0 fully saturated rings. The average Bonchev–Trinajstić information content (AvgIpc) is 2.39. The van der Waals surface area contributed by atoms with E-state index in [1.54, 1.807) is 0 Å². The Bertz CT molecular complexity index is 439. The average molecular weight is 295 g/mol. The first-order valence-corrected chi connectivity index (χ1v) is 6.38. The fourth-order valence-corrected chi connectivity index (χ4v) is 2.57. The minimum atomic E-state index is -0.754. The zero-order valence-corrected chi connectivity index (χ0v) is 11.0. The molecule has 1 aliphatic carbocycles. The number of aliphatic hydroxyl groups is 2. The van der Waals surface area contributed by atoms with Crippen LogP contribution in [0.4, 0.5) is 0 Å². The van der Waals surface area contributed by atoms with Gasteiger partial charge in [0.1, 0.15) is 0 Å². The summed E-state index contributed by atoms with van der Waals surface area (Å²) in [5, 5.41) is 20.1. The molecule has 0 spiro atoms. The van der Waals surface area contributed by atoms with Crippen molar-refractivity contribution >= 4 is 15.9 Å². The molecule has 1 unspecified atom stereocenters. The van der Waals surface area contributed by atoms with Crippen LogP contribution in [0.2, 0.25) is 0 Å². The van der Waals surface area contributed by atoms with E-state index < -0.39 is 11.5 Å². The molecule has 0 radical (unpaired) electrons. The molecule has 0 bridgehead atoms. The molecular formula is C14H15BrO2. The van der Waals surface area contributed by atoms with Crippen LogP contribution in [0.15, 0.2) is 53.0 Å². The number of allylic oxidation sites excluding steroid dienone is 2. The van der Waals surface area contributed by atoms with Crippen LogP contribution in [0.1, 0.15) is 18.1 Å². The number of halogens is 1. The molecule has 1 atom stereocenters. The molecule has 1 aromatic rings. The smallest absolute Gasteiger partial charge is 0.0948 e. The zero-order valence-electron chi connectivity index (χ0n) is 9.38. The normalized spacial score (nSPS) is 19.2. The maximum absolute atomic E-state index is 10.5. The Labute approximate surface area is 109 Å². The Balaban J connectivity index is 2.39. The minimum absolute atomic E-state index is 0.109. The molecule has 2 rings (SSSR count). The molecular weight excluding hydrogens is 280 g/mol. The Hall–Kier alpha value is -0.900. The molecule has 0 aromatic heterocycles. The third kappa shape index (κ3) is 2.37. The lowest BCUT2D eigenvalue weighted by Gasteiger charge is -2.33. The molecule has 0 saturated carbocycles. The van der Waals surface area contributed by atoms with Crippen molar-refractivity contribution in [2.75, 3.05) is 6.61 Å². The van der Waals surface area contributed by atoms with Crippen LogP contribution in [-0.4, -0.2) is 16.8 Å². The maximum Gasteiger partial charge on any atom is 0.0948 e. The fourth-order valence-electron chi connectivity index (χ4n) is 2.07. The number of hydrogen-bond acceptors (Lipinski definition) is 2. The molecule has 0 amide bonds. The van der Waals surface area contributed by atoms with Gasteiger partial charge in [-0.05, 0) is 18.1 Å². The van der Waals surface area contributed by atoms with Crippen LogP contribution < -0.4 is 0 Å². The summed E-state index contributed by atoms with van der Waals surface area (Å²) in [6.45, 7) is -0.109. The van der Waals surface area contributed by atoms with Gasteiger partial charge in [0.2, 0.25) is 0 Å². The lowest BCUT2D eigenvalue weighted by atomic mass is 9.77. The third-order valence-corrected chi connectivity index (χ3v) is 3.83. The van der Waals surface area contributed by atoms with Crippen molar-refractivity contribution in [1.82, 2.24) is 0 Å². The Morgan fingerprint density at radius 3 is 2.47 bits per heavy atom. The Kier molecular flexibility index (Phi) is 3.82. The standard InChI is InChI=1S/C14H15BrO2/c15-12-7-3-2-6-11(12)13(17)14(10-16)8-4-1-5-9-14/h2-9,13,16-17H,1,10H2. The number of hydrogen-bond donors (Lipinski definition) is 2. The van der Waals surface area contributed by atoms with Crippen LogP contribution >= 0.6 is 15.9 Å². The van der Waals surface area contributed by atoms with Gasteiger partial charge >= 0.3 is 0 Å². The van der Waals surface area contributed by atoms with Gasteiger partial charge in [0.15, 0.2) is 0 Å². The molecule has 0 saturated heterocycles. The lowest BCUT2D eigenvalue weighted by Crippen LogP contribution is -2.30. The van der Waals surface area contributed by atoms with E-state index in [0.717, 1.165) is 16.5 Å². The summed E-state index contributed by atoms with van der Waals surface area (Å²) in [5.41, 5.74) is 0.0834. The van der Waals surface area contributed by atoms with Crippen molar-refractivity contribution in [1.29, 1.82) is 0 Å². The molecule has 1 aromatic carbocycles. The van der Waals surface area contributed by atoms with Crippen molar-refractivity contribution < 1.29 is 10.2 Å². The fraction of sp³-hybridized carbons (Fsp3) is 0.286. The minimum Gasteiger partial charge on any atom is -0.395 e.